The summed E-state index contributed by atoms with van der Waals surface area (Å²) in [5, 5.41) is 9.68. The first-order valence-electron chi connectivity index (χ1n) is 8.06. The summed E-state index contributed by atoms with van der Waals surface area (Å²) in [5.41, 5.74) is 0.193. The van der Waals surface area contributed by atoms with Crippen LogP contribution in [0.5, 0.6) is 0 Å². The number of carbonyl (C=O) groups is 1. The van der Waals surface area contributed by atoms with Gasteiger partial charge in [-0.25, -0.2) is 9.97 Å². The Morgan fingerprint density at radius 3 is 2.92 bits per heavy atom. The highest BCUT2D eigenvalue weighted by Gasteiger charge is 2.53. The van der Waals surface area contributed by atoms with Gasteiger partial charge in [0.05, 0.1) is 12.9 Å². The molecule has 0 unspecified atom stereocenters. The molecule has 24 heavy (non-hydrogen) atoms. The first-order chi connectivity index (χ1) is 11.7. The number of likely N-dealkylation sites (tertiary alicyclic amines) is 1. The number of ether oxygens (including phenoxy) is 1. The predicted molar refractivity (Wildman–Crippen MR) is 84.0 cm³/mol. The average molecular weight is 329 g/mol. The van der Waals surface area contributed by atoms with Crippen LogP contribution in [0.15, 0.2) is 35.2 Å². The van der Waals surface area contributed by atoms with Crippen molar-refractivity contribution in [1.29, 1.82) is 0 Å². The molecule has 2 saturated heterocycles. The van der Waals surface area contributed by atoms with Crippen molar-refractivity contribution in [3.63, 3.8) is 0 Å². The molecule has 0 saturated carbocycles. The van der Waals surface area contributed by atoms with Gasteiger partial charge < -0.3 is 14.3 Å². The standard InChI is InChI=1S/C17H19N3O4/c21-16(22)17-10-20(9-13(17)3-5-23-11-17)8-12-6-18-15(19-7-12)14-2-1-4-24-14/h1-2,4,6-7,13H,3,5,8-11H2,(H,21,22)/t13-,17+/m0/s1. The highest BCUT2D eigenvalue weighted by molar-refractivity contribution is 5.76. The molecule has 4 rings (SSSR count). The number of hydrogen-bond donors (Lipinski definition) is 1. The van der Waals surface area contributed by atoms with Crippen molar-refractivity contribution >= 4 is 5.97 Å². The number of furan rings is 1. The number of fused-ring (bicyclic) bond motifs is 1. The molecule has 4 heterocycles. The van der Waals surface area contributed by atoms with Crippen molar-refractivity contribution in [2.45, 2.75) is 13.0 Å². The molecule has 7 heteroatoms. The van der Waals surface area contributed by atoms with Gasteiger partial charge >= 0.3 is 5.97 Å². The van der Waals surface area contributed by atoms with Gasteiger partial charge in [-0.2, -0.15) is 0 Å². The van der Waals surface area contributed by atoms with Crippen LogP contribution < -0.4 is 0 Å². The number of carboxylic acid groups (broad SMARTS) is 1. The molecule has 2 atom stereocenters. The summed E-state index contributed by atoms with van der Waals surface area (Å²) in [6.45, 7) is 2.87. The van der Waals surface area contributed by atoms with Gasteiger partial charge in [0.25, 0.3) is 0 Å². The SMILES string of the molecule is O=C(O)[C@]12COCC[C@H]1CN(Cc1cnc(-c3ccco3)nc1)C2. The number of carboxylic acids is 1. The van der Waals surface area contributed by atoms with Gasteiger partial charge in [-0.3, -0.25) is 9.69 Å². The zero-order valence-corrected chi connectivity index (χ0v) is 13.2. The Bertz CT molecular complexity index is 716. The van der Waals surface area contributed by atoms with Crippen LogP contribution >= 0.6 is 0 Å². The molecule has 1 N–H and O–H groups in total. The van der Waals surface area contributed by atoms with E-state index >= 15 is 0 Å². The van der Waals surface area contributed by atoms with Crippen LogP contribution in [0.25, 0.3) is 11.6 Å². The number of nitrogens with zero attached hydrogens (tertiary/aromatic N) is 3. The van der Waals surface area contributed by atoms with E-state index in [4.69, 9.17) is 9.15 Å². The third-order valence-corrected chi connectivity index (χ3v) is 5.02. The Morgan fingerprint density at radius 2 is 2.25 bits per heavy atom. The van der Waals surface area contributed by atoms with Crippen LogP contribution in [0.3, 0.4) is 0 Å². The average Bonchev–Trinajstić information content (AvgIpc) is 3.23. The fraction of sp³-hybridized carbons (Fsp3) is 0.471. The van der Waals surface area contributed by atoms with Gasteiger partial charge in [0, 0.05) is 44.2 Å². The molecule has 0 aliphatic carbocycles. The van der Waals surface area contributed by atoms with E-state index in [-0.39, 0.29) is 5.92 Å². The summed E-state index contributed by atoms with van der Waals surface area (Å²) in [6.07, 6.45) is 5.94. The van der Waals surface area contributed by atoms with E-state index in [0.29, 0.717) is 37.9 Å². The Balaban J connectivity index is 1.47. The largest absolute Gasteiger partial charge is 0.481 e. The van der Waals surface area contributed by atoms with Crippen molar-refractivity contribution < 1.29 is 19.1 Å². The highest BCUT2D eigenvalue weighted by atomic mass is 16.5. The minimum atomic E-state index is -0.771. The monoisotopic (exact) mass is 329 g/mol. The number of rotatable bonds is 4. The first-order valence-corrected chi connectivity index (χ1v) is 8.06. The lowest BCUT2D eigenvalue weighted by Crippen LogP contribution is -2.46. The molecular weight excluding hydrogens is 310 g/mol. The van der Waals surface area contributed by atoms with Crippen molar-refractivity contribution in [2.24, 2.45) is 11.3 Å². The maximum Gasteiger partial charge on any atom is 0.313 e. The summed E-state index contributed by atoms with van der Waals surface area (Å²) < 4.78 is 10.7. The van der Waals surface area contributed by atoms with Crippen molar-refractivity contribution in [3.05, 3.63) is 36.4 Å². The molecule has 0 radical (unpaired) electrons. The van der Waals surface area contributed by atoms with Crippen LogP contribution in [-0.4, -0.2) is 52.2 Å². The van der Waals surface area contributed by atoms with Crippen molar-refractivity contribution in [3.8, 4) is 11.6 Å². The van der Waals surface area contributed by atoms with Gasteiger partial charge in [0.15, 0.2) is 11.6 Å². The summed E-state index contributed by atoms with van der Waals surface area (Å²) in [5.74, 6) is 0.580. The van der Waals surface area contributed by atoms with Crippen LogP contribution in [-0.2, 0) is 16.1 Å². The van der Waals surface area contributed by atoms with Crippen LogP contribution in [0.2, 0.25) is 0 Å². The maximum atomic E-state index is 11.8. The van der Waals surface area contributed by atoms with Gasteiger partial charge in [0.1, 0.15) is 5.41 Å². The van der Waals surface area contributed by atoms with Crippen molar-refractivity contribution in [1.82, 2.24) is 14.9 Å². The van der Waals surface area contributed by atoms with Crippen molar-refractivity contribution in [2.75, 3.05) is 26.3 Å². The van der Waals surface area contributed by atoms with Gasteiger partial charge in [-0.05, 0) is 24.5 Å². The molecule has 0 amide bonds. The zero-order chi connectivity index (χ0) is 16.6. The quantitative estimate of drug-likeness (QED) is 0.912. The minimum absolute atomic E-state index is 0.145. The third-order valence-electron chi connectivity index (χ3n) is 5.02. The lowest BCUT2D eigenvalue weighted by Gasteiger charge is -2.34. The first kappa shape index (κ1) is 15.3. The molecule has 2 aliphatic heterocycles. The Labute approximate surface area is 139 Å². The summed E-state index contributed by atoms with van der Waals surface area (Å²) in [7, 11) is 0. The number of aromatic nitrogens is 2. The lowest BCUT2D eigenvalue weighted by atomic mass is 9.76. The maximum absolute atomic E-state index is 11.8. The fourth-order valence-corrected chi connectivity index (χ4v) is 3.74. The van der Waals surface area contributed by atoms with E-state index < -0.39 is 11.4 Å². The van der Waals surface area contributed by atoms with Crippen LogP contribution in [0.1, 0.15) is 12.0 Å². The Hall–Kier alpha value is -2.25. The molecule has 0 aromatic carbocycles. The molecule has 2 aromatic rings. The molecule has 0 spiro atoms. The van der Waals surface area contributed by atoms with E-state index in [1.165, 1.54) is 0 Å². The smallest absolute Gasteiger partial charge is 0.313 e. The van der Waals surface area contributed by atoms with E-state index in [2.05, 4.69) is 14.9 Å². The molecule has 7 nitrogen and oxygen atoms in total. The molecule has 126 valence electrons. The second kappa shape index (κ2) is 5.99. The summed E-state index contributed by atoms with van der Waals surface area (Å²) in [6, 6.07) is 3.61. The predicted octanol–water partition coefficient (Wildman–Crippen LogP) is 1.66. The lowest BCUT2D eigenvalue weighted by molar-refractivity contribution is -0.159. The summed E-state index contributed by atoms with van der Waals surface area (Å²) in [4.78, 5) is 22.6. The van der Waals surface area contributed by atoms with E-state index in [1.807, 2.05) is 6.07 Å². The molecule has 0 bridgehead atoms. The Morgan fingerprint density at radius 1 is 1.42 bits per heavy atom. The van der Waals surface area contributed by atoms with Gasteiger partial charge in [-0.1, -0.05) is 0 Å². The van der Waals surface area contributed by atoms with Gasteiger partial charge in [-0.15, -0.1) is 0 Å². The third kappa shape index (κ3) is 2.59. The second-order valence-corrected chi connectivity index (χ2v) is 6.56. The molecule has 2 aromatic heterocycles. The molecular formula is C17H19N3O4. The van der Waals surface area contributed by atoms with E-state index in [1.54, 1.807) is 24.7 Å². The minimum Gasteiger partial charge on any atom is -0.481 e. The van der Waals surface area contributed by atoms with Gasteiger partial charge in [0.2, 0.25) is 0 Å². The normalized spacial score (nSPS) is 27.1. The Kier molecular flexibility index (Phi) is 3.82. The fourth-order valence-electron chi connectivity index (χ4n) is 3.74. The van der Waals surface area contributed by atoms with E-state index in [9.17, 15) is 9.90 Å². The van der Waals surface area contributed by atoms with E-state index in [0.717, 1.165) is 18.5 Å². The second-order valence-electron chi connectivity index (χ2n) is 6.56. The van der Waals surface area contributed by atoms with Crippen LogP contribution in [0, 0.1) is 11.3 Å². The van der Waals surface area contributed by atoms with Crippen LogP contribution in [0.4, 0.5) is 0 Å². The number of hydrogen-bond acceptors (Lipinski definition) is 6. The molecule has 2 aliphatic rings. The molecule has 2 fully saturated rings. The number of aliphatic carboxylic acids is 1. The highest BCUT2D eigenvalue weighted by Crippen LogP contribution is 2.42. The summed E-state index contributed by atoms with van der Waals surface area (Å²) >= 11 is 0. The topological polar surface area (TPSA) is 88.7 Å². The zero-order valence-electron chi connectivity index (χ0n) is 13.2.